The maximum Gasteiger partial charge on any atom is 0.129 e. The summed E-state index contributed by atoms with van der Waals surface area (Å²) >= 11 is 1.40. The number of nitrogens with two attached hydrogens (primary N) is 1. The highest BCUT2D eigenvalue weighted by Gasteiger charge is 2.04. The van der Waals surface area contributed by atoms with Crippen LogP contribution in [0.2, 0.25) is 0 Å². The molecule has 3 nitrogen and oxygen atoms in total. The number of hydrogen-bond acceptors (Lipinski definition) is 4. The Morgan fingerprint density at radius 2 is 2.08 bits per heavy atom. The summed E-state index contributed by atoms with van der Waals surface area (Å²) in [6, 6.07) is 7.04. The lowest BCUT2D eigenvalue weighted by atomic mass is 10.3. The Labute approximate surface area is 81.6 Å². The Balaban J connectivity index is 2.50. The van der Waals surface area contributed by atoms with Crippen LogP contribution >= 0.6 is 11.8 Å². The van der Waals surface area contributed by atoms with E-state index in [0.29, 0.717) is 5.75 Å². The molecule has 0 saturated heterocycles. The molecule has 1 rings (SSSR count). The predicted molar refractivity (Wildman–Crippen MR) is 53.9 cm³/mol. The molecule has 0 bridgehead atoms. The summed E-state index contributed by atoms with van der Waals surface area (Å²) in [5, 5.41) is 18.5. The molecule has 0 aliphatic rings. The van der Waals surface area contributed by atoms with Gasteiger partial charge < -0.3 is 15.9 Å². The smallest absolute Gasteiger partial charge is 0.129 e. The van der Waals surface area contributed by atoms with E-state index in [1.54, 1.807) is 12.1 Å². The Bertz CT molecular complexity index is 268. The van der Waals surface area contributed by atoms with E-state index in [-0.39, 0.29) is 12.3 Å². The number of phenols is 1. The first-order valence-electron chi connectivity index (χ1n) is 4.03. The number of thioether (sulfide) groups is 1. The number of aliphatic hydroxyl groups excluding tert-OH is 1. The highest BCUT2D eigenvalue weighted by molar-refractivity contribution is 7.99. The highest BCUT2D eigenvalue weighted by Crippen LogP contribution is 2.27. The van der Waals surface area contributed by atoms with Gasteiger partial charge in [-0.05, 0) is 12.1 Å². The molecule has 1 aromatic rings. The zero-order valence-corrected chi connectivity index (χ0v) is 8.00. The number of phenolic OH excluding ortho intramolecular Hbond substituents is 1. The third-order valence-electron chi connectivity index (χ3n) is 1.57. The molecule has 1 atom stereocenters. The van der Waals surface area contributed by atoms with Crippen molar-refractivity contribution >= 4 is 11.8 Å². The minimum atomic E-state index is -0.510. The van der Waals surface area contributed by atoms with Gasteiger partial charge in [-0.2, -0.15) is 0 Å². The number of rotatable bonds is 4. The van der Waals surface area contributed by atoms with Gasteiger partial charge in [0.1, 0.15) is 5.75 Å². The van der Waals surface area contributed by atoms with Crippen molar-refractivity contribution in [2.45, 2.75) is 11.0 Å². The van der Waals surface area contributed by atoms with Gasteiger partial charge in [0.05, 0.1) is 6.10 Å². The molecule has 4 N–H and O–H groups in total. The summed E-state index contributed by atoms with van der Waals surface area (Å²) in [5.74, 6) is 0.755. The van der Waals surface area contributed by atoms with E-state index < -0.39 is 6.10 Å². The number of aliphatic hydroxyl groups is 1. The van der Waals surface area contributed by atoms with E-state index in [9.17, 15) is 10.2 Å². The quantitative estimate of drug-likeness (QED) is 0.628. The van der Waals surface area contributed by atoms with Crippen molar-refractivity contribution in [1.82, 2.24) is 0 Å². The van der Waals surface area contributed by atoms with Crippen LogP contribution in [-0.4, -0.2) is 28.6 Å². The van der Waals surface area contributed by atoms with E-state index in [0.717, 1.165) is 4.90 Å². The maximum atomic E-state index is 9.36. The lowest BCUT2D eigenvalue weighted by Gasteiger charge is -2.07. The molecule has 1 unspecified atom stereocenters. The zero-order chi connectivity index (χ0) is 9.68. The second kappa shape index (κ2) is 5.11. The van der Waals surface area contributed by atoms with Crippen LogP contribution in [0.25, 0.3) is 0 Å². The monoisotopic (exact) mass is 199 g/mol. The van der Waals surface area contributed by atoms with Gasteiger partial charge in [0.25, 0.3) is 0 Å². The lowest BCUT2D eigenvalue weighted by Crippen LogP contribution is -2.21. The van der Waals surface area contributed by atoms with E-state index in [4.69, 9.17) is 5.73 Å². The second-order valence-electron chi connectivity index (χ2n) is 2.67. The summed E-state index contributed by atoms with van der Waals surface area (Å²) in [7, 11) is 0. The van der Waals surface area contributed by atoms with Gasteiger partial charge >= 0.3 is 0 Å². The SMILES string of the molecule is NCC(O)CSc1ccccc1O. The summed E-state index contributed by atoms with van der Waals surface area (Å²) in [6.07, 6.45) is -0.510. The Morgan fingerprint density at radius 3 is 2.69 bits per heavy atom. The van der Waals surface area contributed by atoms with Gasteiger partial charge in [0.2, 0.25) is 0 Å². The number of para-hydroxylation sites is 1. The zero-order valence-electron chi connectivity index (χ0n) is 7.18. The maximum absolute atomic E-state index is 9.36. The molecule has 0 aliphatic carbocycles. The van der Waals surface area contributed by atoms with Crippen molar-refractivity contribution in [3.63, 3.8) is 0 Å². The first-order chi connectivity index (χ1) is 6.24. The largest absolute Gasteiger partial charge is 0.507 e. The molecule has 0 radical (unpaired) electrons. The average molecular weight is 199 g/mol. The Morgan fingerprint density at radius 1 is 1.38 bits per heavy atom. The van der Waals surface area contributed by atoms with Crippen LogP contribution in [0.15, 0.2) is 29.2 Å². The molecule has 1 aromatic carbocycles. The molecule has 0 amide bonds. The van der Waals surface area contributed by atoms with Crippen LogP contribution in [-0.2, 0) is 0 Å². The van der Waals surface area contributed by atoms with Gasteiger partial charge in [0.15, 0.2) is 0 Å². The van der Waals surface area contributed by atoms with E-state index in [2.05, 4.69) is 0 Å². The van der Waals surface area contributed by atoms with E-state index in [1.165, 1.54) is 11.8 Å². The fraction of sp³-hybridized carbons (Fsp3) is 0.333. The molecule has 0 fully saturated rings. The Hall–Kier alpha value is -0.710. The molecular formula is C9H13NO2S. The van der Waals surface area contributed by atoms with Crippen LogP contribution < -0.4 is 5.73 Å². The van der Waals surface area contributed by atoms with Gasteiger partial charge in [-0.3, -0.25) is 0 Å². The normalized spacial score (nSPS) is 12.8. The molecule has 0 heterocycles. The van der Waals surface area contributed by atoms with Gasteiger partial charge in [-0.1, -0.05) is 12.1 Å². The summed E-state index contributed by atoms with van der Waals surface area (Å²) in [5.41, 5.74) is 5.25. The molecule has 0 saturated carbocycles. The minimum absolute atomic E-state index is 0.247. The van der Waals surface area contributed by atoms with Crippen molar-refractivity contribution in [2.75, 3.05) is 12.3 Å². The number of benzene rings is 1. The third-order valence-corrected chi connectivity index (χ3v) is 2.78. The highest BCUT2D eigenvalue weighted by atomic mass is 32.2. The van der Waals surface area contributed by atoms with Crippen molar-refractivity contribution in [1.29, 1.82) is 0 Å². The summed E-state index contributed by atoms with van der Waals surface area (Å²) in [6.45, 7) is 0.251. The fourth-order valence-corrected chi connectivity index (χ4v) is 1.73. The molecular weight excluding hydrogens is 186 g/mol. The van der Waals surface area contributed by atoms with Gasteiger partial charge in [-0.15, -0.1) is 11.8 Å². The van der Waals surface area contributed by atoms with Gasteiger partial charge in [-0.25, -0.2) is 0 Å². The Kier molecular flexibility index (Phi) is 4.08. The minimum Gasteiger partial charge on any atom is -0.507 e. The van der Waals surface area contributed by atoms with Crippen LogP contribution in [0.4, 0.5) is 0 Å². The number of hydrogen-bond donors (Lipinski definition) is 3. The second-order valence-corrected chi connectivity index (χ2v) is 3.73. The topological polar surface area (TPSA) is 66.5 Å². The average Bonchev–Trinajstić information content (AvgIpc) is 2.16. The van der Waals surface area contributed by atoms with Crippen molar-refractivity contribution in [3.8, 4) is 5.75 Å². The van der Waals surface area contributed by atoms with E-state index in [1.807, 2.05) is 12.1 Å². The number of aromatic hydroxyl groups is 1. The molecule has 13 heavy (non-hydrogen) atoms. The summed E-state index contributed by atoms with van der Waals surface area (Å²) in [4.78, 5) is 0.773. The van der Waals surface area contributed by atoms with Crippen LogP contribution in [0.5, 0.6) is 5.75 Å². The third kappa shape index (κ3) is 3.26. The van der Waals surface area contributed by atoms with Crippen molar-refractivity contribution in [2.24, 2.45) is 5.73 Å². The first kappa shape index (κ1) is 10.4. The first-order valence-corrected chi connectivity index (χ1v) is 5.01. The fourth-order valence-electron chi connectivity index (χ4n) is 0.833. The van der Waals surface area contributed by atoms with Gasteiger partial charge in [0, 0.05) is 17.2 Å². The van der Waals surface area contributed by atoms with Crippen molar-refractivity contribution in [3.05, 3.63) is 24.3 Å². The molecule has 0 spiro atoms. The standard InChI is InChI=1S/C9H13NO2S/c10-5-7(11)6-13-9-4-2-1-3-8(9)12/h1-4,7,11-12H,5-6,10H2. The lowest BCUT2D eigenvalue weighted by molar-refractivity contribution is 0.208. The molecule has 4 heteroatoms. The van der Waals surface area contributed by atoms with Crippen molar-refractivity contribution < 1.29 is 10.2 Å². The molecule has 72 valence electrons. The molecule has 0 aromatic heterocycles. The van der Waals surface area contributed by atoms with Crippen LogP contribution in [0, 0.1) is 0 Å². The van der Waals surface area contributed by atoms with E-state index >= 15 is 0 Å². The molecule has 0 aliphatic heterocycles. The van der Waals surface area contributed by atoms with Crippen LogP contribution in [0.3, 0.4) is 0 Å². The predicted octanol–water partition coefficient (Wildman–Crippen LogP) is 0.804. The van der Waals surface area contributed by atoms with Crippen LogP contribution in [0.1, 0.15) is 0 Å². The summed E-state index contributed by atoms with van der Waals surface area (Å²) < 4.78 is 0.